The molecule has 3 nitrogen and oxygen atoms in total. The lowest BCUT2D eigenvalue weighted by molar-refractivity contribution is 0.260. The van der Waals surface area contributed by atoms with Crippen LogP contribution in [0.4, 0.5) is 0 Å². The van der Waals surface area contributed by atoms with E-state index in [9.17, 15) is 4.57 Å². The van der Waals surface area contributed by atoms with E-state index in [-0.39, 0.29) is 18.6 Å². The van der Waals surface area contributed by atoms with Gasteiger partial charge >= 0.3 is 8.25 Å². The standard InChI is InChI=1S/C11H16O3P/c1-5-9-13-15(12)14-10-7-8-11(3,4)6-2/h2,5,7-8H,1,9-10H2,3-4H3/q+1. The summed E-state index contributed by atoms with van der Waals surface area (Å²) in [5.41, 5.74) is -0.309. The smallest absolute Gasteiger partial charge is 0.119 e. The highest BCUT2D eigenvalue weighted by Gasteiger charge is 2.17. The van der Waals surface area contributed by atoms with Crippen molar-refractivity contribution in [1.29, 1.82) is 0 Å². The van der Waals surface area contributed by atoms with Crippen molar-refractivity contribution in [1.82, 2.24) is 0 Å². The van der Waals surface area contributed by atoms with Crippen LogP contribution in [0.2, 0.25) is 0 Å². The van der Waals surface area contributed by atoms with Crippen molar-refractivity contribution >= 4 is 8.25 Å². The monoisotopic (exact) mass is 227 g/mol. The topological polar surface area (TPSA) is 35.5 Å². The second-order valence-corrected chi connectivity index (χ2v) is 4.34. The van der Waals surface area contributed by atoms with Crippen LogP contribution in [0.3, 0.4) is 0 Å². The molecule has 0 heterocycles. The summed E-state index contributed by atoms with van der Waals surface area (Å²) in [5, 5.41) is 0. The first-order chi connectivity index (χ1) is 7.02. The van der Waals surface area contributed by atoms with Crippen LogP contribution < -0.4 is 0 Å². The van der Waals surface area contributed by atoms with Crippen LogP contribution in [0, 0.1) is 17.8 Å². The average molecular weight is 227 g/mol. The van der Waals surface area contributed by atoms with Gasteiger partial charge in [-0.15, -0.1) is 22.0 Å². The summed E-state index contributed by atoms with van der Waals surface area (Å²) in [6.07, 6.45) is 10.3. The zero-order chi connectivity index (χ0) is 11.7. The lowest BCUT2D eigenvalue weighted by Crippen LogP contribution is -2.02. The molecule has 15 heavy (non-hydrogen) atoms. The van der Waals surface area contributed by atoms with Gasteiger partial charge in [0.05, 0.1) is 0 Å². The molecule has 0 aromatic heterocycles. The van der Waals surface area contributed by atoms with Crippen LogP contribution in [0.25, 0.3) is 0 Å². The molecular formula is C11H16O3P+. The Morgan fingerprint density at radius 2 is 2.07 bits per heavy atom. The molecule has 0 aromatic rings. The zero-order valence-electron chi connectivity index (χ0n) is 9.10. The molecule has 0 amide bonds. The van der Waals surface area contributed by atoms with Crippen LogP contribution >= 0.6 is 8.25 Å². The number of hydrogen-bond donors (Lipinski definition) is 0. The molecular weight excluding hydrogens is 211 g/mol. The summed E-state index contributed by atoms with van der Waals surface area (Å²) in [4.78, 5) is 0. The minimum atomic E-state index is -2.06. The molecule has 0 spiro atoms. The first-order valence-corrected chi connectivity index (χ1v) is 5.61. The van der Waals surface area contributed by atoms with Crippen LogP contribution in [0.5, 0.6) is 0 Å². The van der Waals surface area contributed by atoms with Gasteiger partial charge < -0.3 is 0 Å². The first kappa shape index (κ1) is 14.1. The summed E-state index contributed by atoms with van der Waals surface area (Å²) in [6, 6.07) is 0. The van der Waals surface area contributed by atoms with Crippen LogP contribution in [-0.4, -0.2) is 13.2 Å². The maximum atomic E-state index is 11.0. The highest BCUT2D eigenvalue weighted by Crippen LogP contribution is 2.23. The van der Waals surface area contributed by atoms with E-state index in [1.54, 1.807) is 6.08 Å². The van der Waals surface area contributed by atoms with Gasteiger partial charge in [0.1, 0.15) is 13.2 Å². The summed E-state index contributed by atoms with van der Waals surface area (Å²) in [7, 11) is -2.06. The fourth-order valence-corrected chi connectivity index (χ4v) is 1.16. The fraction of sp³-hybridized carbons (Fsp3) is 0.455. The van der Waals surface area contributed by atoms with Gasteiger partial charge in [0.25, 0.3) is 0 Å². The van der Waals surface area contributed by atoms with Gasteiger partial charge in [-0.05, 0) is 13.8 Å². The quantitative estimate of drug-likeness (QED) is 0.381. The Bertz CT molecular complexity index is 287. The normalized spacial score (nSPS) is 12.5. The van der Waals surface area contributed by atoms with E-state index in [0.29, 0.717) is 0 Å². The van der Waals surface area contributed by atoms with Crippen molar-refractivity contribution < 1.29 is 13.6 Å². The first-order valence-electron chi connectivity index (χ1n) is 4.51. The molecule has 4 heteroatoms. The molecule has 0 saturated carbocycles. The third kappa shape index (κ3) is 8.08. The molecule has 1 unspecified atom stereocenters. The molecule has 0 aliphatic heterocycles. The predicted molar refractivity (Wildman–Crippen MR) is 61.5 cm³/mol. The van der Waals surface area contributed by atoms with E-state index in [0.717, 1.165) is 0 Å². The Balaban J connectivity index is 3.75. The van der Waals surface area contributed by atoms with E-state index in [1.807, 2.05) is 19.9 Å². The summed E-state index contributed by atoms with van der Waals surface area (Å²) >= 11 is 0. The van der Waals surface area contributed by atoms with Crippen molar-refractivity contribution in [2.45, 2.75) is 13.8 Å². The Labute approximate surface area is 92.1 Å². The third-order valence-electron chi connectivity index (χ3n) is 1.48. The minimum absolute atomic E-state index is 0.217. The van der Waals surface area contributed by atoms with Crippen LogP contribution in [0.1, 0.15) is 13.8 Å². The Kier molecular flexibility index (Phi) is 6.90. The second-order valence-electron chi connectivity index (χ2n) is 3.37. The van der Waals surface area contributed by atoms with Gasteiger partial charge in [-0.2, -0.15) is 0 Å². The van der Waals surface area contributed by atoms with Crippen molar-refractivity contribution in [3.05, 3.63) is 24.8 Å². The Morgan fingerprint density at radius 3 is 2.60 bits per heavy atom. The molecule has 82 valence electrons. The van der Waals surface area contributed by atoms with Gasteiger partial charge in [-0.1, -0.05) is 24.1 Å². The molecule has 0 aromatic carbocycles. The van der Waals surface area contributed by atoms with E-state index in [1.165, 1.54) is 6.08 Å². The molecule has 1 atom stereocenters. The van der Waals surface area contributed by atoms with Crippen molar-refractivity contribution in [3.63, 3.8) is 0 Å². The summed E-state index contributed by atoms with van der Waals surface area (Å²) in [5.74, 6) is 2.60. The number of hydrogen-bond acceptors (Lipinski definition) is 3. The third-order valence-corrected chi connectivity index (χ3v) is 2.20. The largest absolute Gasteiger partial charge is 0.698 e. The van der Waals surface area contributed by atoms with E-state index < -0.39 is 8.25 Å². The lowest BCUT2D eigenvalue weighted by Gasteiger charge is -2.09. The molecule has 0 radical (unpaired) electrons. The maximum absolute atomic E-state index is 11.0. The number of allylic oxidation sites excluding steroid dienone is 1. The van der Waals surface area contributed by atoms with Crippen molar-refractivity contribution in [2.24, 2.45) is 5.41 Å². The van der Waals surface area contributed by atoms with E-state index >= 15 is 0 Å². The van der Waals surface area contributed by atoms with Crippen LogP contribution in [-0.2, 0) is 13.6 Å². The molecule has 0 bridgehead atoms. The van der Waals surface area contributed by atoms with Crippen molar-refractivity contribution in [2.75, 3.05) is 13.2 Å². The molecule has 0 aliphatic carbocycles. The number of rotatable bonds is 7. The minimum Gasteiger partial charge on any atom is -0.119 e. The van der Waals surface area contributed by atoms with Gasteiger partial charge in [-0.25, -0.2) is 0 Å². The van der Waals surface area contributed by atoms with Gasteiger partial charge in [-0.3, -0.25) is 0 Å². The maximum Gasteiger partial charge on any atom is 0.698 e. The van der Waals surface area contributed by atoms with E-state index in [2.05, 4.69) is 12.5 Å². The fourth-order valence-electron chi connectivity index (χ4n) is 0.646. The second kappa shape index (κ2) is 7.36. The number of terminal acetylenes is 1. The highest BCUT2D eigenvalue weighted by molar-refractivity contribution is 7.33. The van der Waals surface area contributed by atoms with Gasteiger partial charge in [0.2, 0.25) is 0 Å². The zero-order valence-corrected chi connectivity index (χ0v) is 10.00. The molecule has 0 fully saturated rings. The molecule has 0 saturated heterocycles. The predicted octanol–water partition coefficient (Wildman–Crippen LogP) is 3.08. The molecule has 0 rings (SSSR count). The Hall–Kier alpha value is -0.940. The molecule has 0 aliphatic rings. The van der Waals surface area contributed by atoms with Gasteiger partial charge in [0.15, 0.2) is 0 Å². The summed E-state index contributed by atoms with van der Waals surface area (Å²) in [6.45, 7) is 7.67. The summed E-state index contributed by atoms with van der Waals surface area (Å²) < 4.78 is 20.6. The average Bonchev–Trinajstić information content (AvgIpc) is 2.21. The van der Waals surface area contributed by atoms with E-state index in [4.69, 9.17) is 15.5 Å². The van der Waals surface area contributed by atoms with Gasteiger partial charge in [0, 0.05) is 9.98 Å². The molecule has 0 N–H and O–H groups in total. The Morgan fingerprint density at radius 1 is 1.47 bits per heavy atom. The highest BCUT2D eigenvalue weighted by atomic mass is 31.1. The lowest BCUT2D eigenvalue weighted by atomic mass is 9.95. The van der Waals surface area contributed by atoms with Crippen LogP contribution in [0.15, 0.2) is 24.8 Å². The SMILES string of the molecule is C#CC(C)(C)C=CCO[P+](=O)OCC=C. The van der Waals surface area contributed by atoms with Crippen molar-refractivity contribution in [3.8, 4) is 12.3 Å².